The molecule has 1 saturated heterocycles. The molecule has 0 atom stereocenters. The first kappa shape index (κ1) is 27.2. The van der Waals surface area contributed by atoms with E-state index < -0.39 is 0 Å². The number of carbonyl (C=O) groups excluding carboxylic acids is 2. The Morgan fingerprint density at radius 1 is 1.02 bits per heavy atom. The van der Waals surface area contributed by atoms with E-state index in [1.165, 1.54) is 0 Å². The van der Waals surface area contributed by atoms with Gasteiger partial charge in [-0.05, 0) is 55.2 Å². The highest BCUT2D eigenvalue weighted by Gasteiger charge is 2.25. The number of aryl methyl sites for hydroxylation is 3. The summed E-state index contributed by atoms with van der Waals surface area (Å²) in [5.74, 6) is 0.973. The van der Waals surface area contributed by atoms with Crippen LogP contribution in [0.4, 0.5) is 10.5 Å². The Labute approximate surface area is 237 Å². The standard InChI is InChI=1S/C30H32ClN7O2/c1-37-26-12-11-21(18-25(26)35-27(37)13-8-19-6-9-20(10-7-19)28(32)33)29(39)38-16-14-22(15-17-38)34-30(40)36-24-5-3-2-4-23(24)31/h2-7,9-12,18,22H,8,13-17H2,1H3,(H3,32,33)(H2,34,36,40). The van der Waals surface area contributed by atoms with Crippen LogP contribution in [0.15, 0.2) is 66.7 Å². The largest absolute Gasteiger partial charge is 0.384 e. The fraction of sp³-hybridized carbons (Fsp3) is 0.267. The van der Waals surface area contributed by atoms with Crippen LogP contribution in [0, 0.1) is 5.41 Å². The molecule has 9 nitrogen and oxygen atoms in total. The third kappa shape index (κ3) is 6.10. The van der Waals surface area contributed by atoms with Gasteiger partial charge in [0.2, 0.25) is 0 Å². The average Bonchev–Trinajstić information content (AvgIpc) is 3.27. The van der Waals surface area contributed by atoms with Gasteiger partial charge in [0, 0.05) is 43.7 Å². The van der Waals surface area contributed by atoms with Crippen molar-refractivity contribution in [2.45, 2.75) is 31.7 Å². The molecule has 0 saturated carbocycles. The van der Waals surface area contributed by atoms with Gasteiger partial charge >= 0.3 is 6.03 Å². The first-order valence-corrected chi connectivity index (χ1v) is 13.7. The topological polar surface area (TPSA) is 129 Å². The van der Waals surface area contributed by atoms with Gasteiger partial charge in [-0.15, -0.1) is 0 Å². The zero-order chi connectivity index (χ0) is 28.2. The van der Waals surface area contributed by atoms with Crippen LogP contribution in [0.3, 0.4) is 0 Å². The second-order valence-electron chi connectivity index (χ2n) is 10.0. The first-order valence-electron chi connectivity index (χ1n) is 13.3. The van der Waals surface area contributed by atoms with Gasteiger partial charge < -0.3 is 25.8 Å². The lowest BCUT2D eigenvalue weighted by Gasteiger charge is -2.32. The van der Waals surface area contributed by atoms with Gasteiger partial charge in [0.1, 0.15) is 11.7 Å². The number of piperidine rings is 1. The van der Waals surface area contributed by atoms with Crippen molar-refractivity contribution in [3.8, 4) is 0 Å². The maximum atomic E-state index is 13.3. The predicted molar refractivity (Wildman–Crippen MR) is 158 cm³/mol. The molecule has 2 heterocycles. The molecule has 0 spiro atoms. The number of nitrogens with zero attached hydrogens (tertiary/aromatic N) is 3. The van der Waals surface area contributed by atoms with Gasteiger partial charge in [-0.1, -0.05) is 48.0 Å². The van der Waals surface area contributed by atoms with E-state index >= 15 is 0 Å². The van der Waals surface area contributed by atoms with E-state index in [1.807, 2.05) is 66.5 Å². The van der Waals surface area contributed by atoms with Crippen molar-refractivity contribution < 1.29 is 9.59 Å². The van der Waals surface area contributed by atoms with Gasteiger partial charge in [0.25, 0.3) is 5.91 Å². The molecule has 0 bridgehead atoms. The number of aromatic nitrogens is 2. The van der Waals surface area contributed by atoms with Crippen molar-refractivity contribution in [2.24, 2.45) is 12.8 Å². The summed E-state index contributed by atoms with van der Waals surface area (Å²) < 4.78 is 2.07. The number of hydrogen-bond acceptors (Lipinski definition) is 4. The normalized spacial score (nSPS) is 13.8. The van der Waals surface area contributed by atoms with Crippen LogP contribution in [0.5, 0.6) is 0 Å². The van der Waals surface area contributed by atoms with Crippen LogP contribution < -0.4 is 16.4 Å². The highest BCUT2D eigenvalue weighted by atomic mass is 35.5. The molecule has 3 amide bonds. The number of hydrogen-bond donors (Lipinski definition) is 4. The SMILES string of the molecule is Cn1c(CCc2ccc(C(=N)N)cc2)nc2cc(C(=O)N3CCC(NC(=O)Nc4ccccc4Cl)CC3)ccc21. The molecule has 0 radical (unpaired) electrons. The van der Waals surface area contributed by atoms with Crippen molar-refractivity contribution >= 4 is 46.1 Å². The average molecular weight is 558 g/mol. The Morgan fingerprint density at radius 2 is 1.73 bits per heavy atom. The van der Waals surface area contributed by atoms with Crippen molar-refractivity contribution in [3.63, 3.8) is 0 Å². The molecule has 1 fully saturated rings. The lowest BCUT2D eigenvalue weighted by Crippen LogP contribution is -2.47. The molecule has 5 N–H and O–H groups in total. The van der Waals surface area contributed by atoms with Gasteiger partial charge in [-0.3, -0.25) is 10.2 Å². The molecule has 1 aliphatic rings. The number of amidine groups is 1. The lowest BCUT2D eigenvalue weighted by molar-refractivity contribution is 0.0709. The van der Waals surface area contributed by atoms with Crippen molar-refractivity contribution in [2.75, 3.05) is 18.4 Å². The van der Waals surface area contributed by atoms with Crippen LogP contribution >= 0.6 is 11.6 Å². The molecule has 5 rings (SSSR count). The molecular formula is C30H32ClN7O2. The number of nitrogens with one attached hydrogen (secondary N) is 3. The highest BCUT2D eigenvalue weighted by molar-refractivity contribution is 6.33. The van der Waals surface area contributed by atoms with Gasteiger partial charge in [-0.25, -0.2) is 9.78 Å². The van der Waals surface area contributed by atoms with Gasteiger partial charge in [0.15, 0.2) is 0 Å². The second kappa shape index (κ2) is 11.8. The minimum absolute atomic E-state index is 0.0222. The lowest BCUT2D eigenvalue weighted by atomic mass is 10.0. The van der Waals surface area contributed by atoms with E-state index in [0.29, 0.717) is 47.8 Å². The van der Waals surface area contributed by atoms with E-state index in [0.717, 1.165) is 35.3 Å². The number of benzene rings is 3. The monoisotopic (exact) mass is 557 g/mol. The number of nitrogen functional groups attached to an aromatic ring is 1. The fourth-order valence-corrected chi connectivity index (χ4v) is 5.21. The number of nitrogens with two attached hydrogens (primary N) is 1. The molecule has 3 aromatic carbocycles. The first-order chi connectivity index (χ1) is 19.3. The molecule has 4 aromatic rings. The Morgan fingerprint density at radius 3 is 2.42 bits per heavy atom. The van der Waals surface area contributed by atoms with Crippen molar-refractivity contribution in [1.29, 1.82) is 5.41 Å². The number of amides is 3. The number of likely N-dealkylation sites (tertiary alicyclic amines) is 1. The number of carbonyl (C=O) groups is 2. The van der Waals surface area contributed by atoms with Crippen LogP contribution in [0.25, 0.3) is 11.0 Å². The summed E-state index contributed by atoms with van der Waals surface area (Å²) in [7, 11) is 1.99. The molecule has 0 aliphatic carbocycles. The molecule has 206 valence electrons. The number of fused-ring (bicyclic) bond motifs is 1. The third-order valence-electron chi connectivity index (χ3n) is 7.36. The summed E-state index contributed by atoms with van der Waals surface area (Å²) >= 11 is 6.12. The van der Waals surface area contributed by atoms with Crippen LogP contribution in [-0.2, 0) is 19.9 Å². The number of rotatable bonds is 7. The second-order valence-corrected chi connectivity index (χ2v) is 10.5. The molecular weight excluding hydrogens is 526 g/mol. The molecule has 40 heavy (non-hydrogen) atoms. The van der Waals surface area contributed by atoms with Crippen molar-refractivity contribution in [3.05, 3.63) is 94.3 Å². The summed E-state index contributed by atoms with van der Waals surface area (Å²) in [4.78, 5) is 32.3. The highest BCUT2D eigenvalue weighted by Crippen LogP contribution is 2.22. The fourth-order valence-electron chi connectivity index (χ4n) is 5.03. The van der Waals surface area contributed by atoms with Crippen molar-refractivity contribution in [1.82, 2.24) is 19.8 Å². The maximum Gasteiger partial charge on any atom is 0.319 e. The van der Waals surface area contributed by atoms with E-state index in [1.54, 1.807) is 12.1 Å². The predicted octanol–water partition coefficient (Wildman–Crippen LogP) is 4.72. The Bertz CT molecular complexity index is 1560. The Balaban J connectivity index is 1.17. The quantitative estimate of drug-likeness (QED) is 0.193. The van der Waals surface area contributed by atoms with Gasteiger partial charge in [-0.2, -0.15) is 0 Å². The minimum atomic E-state index is -0.303. The summed E-state index contributed by atoms with van der Waals surface area (Å²) in [6, 6.07) is 20.1. The number of anilines is 1. The van der Waals surface area contributed by atoms with Gasteiger partial charge in [0.05, 0.1) is 21.7 Å². The molecule has 1 aliphatic heterocycles. The van der Waals surface area contributed by atoms with E-state index in [2.05, 4.69) is 15.2 Å². The molecule has 10 heteroatoms. The number of imidazole rings is 1. The van der Waals surface area contributed by atoms with E-state index in [4.69, 9.17) is 27.7 Å². The maximum absolute atomic E-state index is 13.3. The minimum Gasteiger partial charge on any atom is -0.384 e. The molecule has 1 aromatic heterocycles. The zero-order valence-corrected chi connectivity index (χ0v) is 23.0. The Hall–Kier alpha value is -4.37. The van der Waals surface area contributed by atoms with Crippen LogP contribution in [-0.4, -0.2) is 51.4 Å². The Kier molecular flexibility index (Phi) is 8.02. The third-order valence-corrected chi connectivity index (χ3v) is 7.69. The zero-order valence-electron chi connectivity index (χ0n) is 22.3. The summed E-state index contributed by atoms with van der Waals surface area (Å²) in [5, 5.41) is 13.8. The summed E-state index contributed by atoms with van der Waals surface area (Å²) in [5.41, 5.74) is 10.3. The smallest absolute Gasteiger partial charge is 0.319 e. The number of halogens is 1. The van der Waals surface area contributed by atoms with E-state index in [-0.39, 0.29) is 23.8 Å². The summed E-state index contributed by atoms with van der Waals surface area (Å²) in [6.07, 6.45) is 2.90. The van der Waals surface area contributed by atoms with Crippen LogP contribution in [0.1, 0.15) is 40.2 Å². The number of urea groups is 1. The molecule has 0 unspecified atom stereocenters. The van der Waals surface area contributed by atoms with Crippen LogP contribution in [0.2, 0.25) is 5.02 Å². The summed E-state index contributed by atoms with van der Waals surface area (Å²) in [6.45, 7) is 1.12. The van der Waals surface area contributed by atoms with E-state index in [9.17, 15) is 9.59 Å². The number of para-hydroxylation sites is 1.